The third kappa shape index (κ3) is 2.99. The van der Waals surface area contributed by atoms with E-state index in [1.54, 1.807) is 19.2 Å². The van der Waals surface area contributed by atoms with E-state index >= 15 is 0 Å². The fourth-order valence-electron chi connectivity index (χ4n) is 1.82. The first-order valence-corrected chi connectivity index (χ1v) is 6.07. The first-order chi connectivity index (χ1) is 9.13. The van der Waals surface area contributed by atoms with Crippen molar-refractivity contribution in [2.75, 3.05) is 19.0 Å². The number of nitrogens with zero attached hydrogens (tertiary/aromatic N) is 2. The molecule has 19 heavy (non-hydrogen) atoms. The monoisotopic (exact) mass is 261 g/mol. The largest absolute Gasteiger partial charge is 0.496 e. The first-order valence-electron chi connectivity index (χ1n) is 6.07. The Kier molecular flexibility index (Phi) is 3.94. The summed E-state index contributed by atoms with van der Waals surface area (Å²) in [6, 6.07) is 6.17. The molecule has 2 aromatic rings. The molecule has 0 aliphatic heterocycles. The van der Waals surface area contributed by atoms with Gasteiger partial charge in [-0.2, -0.15) is 0 Å². The molecule has 0 amide bonds. The number of hydrogen-bond donors (Lipinski definition) is 1. The van der Waals surface area contributed by atoms with E-state index in [0.29, 0.717) is 23.0 Å². The van der Waals surface area contributed by atoms with Gasteiger partial charge in [0.25, 0.3) is 0 Å². The Labute approximate surface area is 111 Å². The summed E-state index contributed by atoms with van der Waals surface area (Å²) in [5.41, 5.74) is 2.07. The molecule has 0 saturated heterocycles. The third-order valence-electron chi connectivity index (χ3n) is 2.63. The number of halogens is 1. The maximum Gasteiger partial charge on any atom is 0.223 e. The van der Waals surface area contributed by atoms with Gasteiger partial charge in [0.1, 0.15) is 11.6 Å². The topological polar surface area (TPSA) is 47.0 Å². The molecule has 0 unspecified atom stereocenters. The second-order valence-corrected chi connectivity index (χ2v) is 4.09. The third-order valence-corrected chi connectivity index (χ3v) is 2.63. The highest BCUT2D eigenvalue weighted by molar-refractivity contribution is 5.68. The fraction of sp³-hybridized carbons (Fsp3) is 0.286. The van der Waals surface area contributed by atoms with Crippen LogP contribution in [-0.4, -0.2) is 23.6 Å². The van der Waals surface area contributed by atoms with E-state index in [2.05, 4.69) is 15.3 Å². The lowest BCUT2D eigenvalue weighted by molar-refractivity contribution is 0.415. The summed E-state index contributed by atoms with van der Waals surface area (Å²) >= 11 is 0. The van der Waals surface area contributed by atoms with Crippen LogP contribution in [0.1, 0.15) is 12.6 Å². The van der Waals surface area contributed by atoms with Crippen molar-refractivity contribution in [1.29, 1.82) is 0 Å². The predicted octanol–water partition coefficient (Wildman–Crippen LogP) is 3.03. The van der Waals surface area contributed by atoms with Gasteiger partial charge in [-0.1, -0.05) is 0 Å². The molecule has 1 aromatic heterocycles. The lowest BCUT2D eigenvalue weighted by atomic mass is 10.1. The van der Waals surface area contributed by atoms with Crippen LogP contribution in [0.2, 0.25) is 0 Å². The molecular weight excluding hydrogens is 245 g/mol. The minimum Gasteiger partial charge on any atom is -0.496 e. The zero-order chi connectivity index (χ0) is 13.8. The number of aryl methyl sites for hydroxylation is 1. The molecule has 1 aromatic carbocycles. The Morgan fingerprint density at radius 3 is 2.74 bits per heavy atom. The molecule has 100 valence electrons. The number of benzene rings is 1. The molecule has 0 aliphatic rings. The van der Waals surface area contributed by atoms with Crippen molar-refractivity contribution in [3.05, 3.63) is 35.8 Å². The van der Waals surface area contributed by atoms with Crippen LogP contribution in [-0.2, 0) is 0 Å². The molecule has 0 bridgehead atoms. The Bertz CT molecular complexity index is 587. The Morgan fingerprint density at radius 1 is 1.26 bits per heavy atom. The van der Waals surface area contributed by atoms with Gasteiger partial charge in [-0.25, -0.2) is 14.4 Å². The van der Waals surface area contributed by atoms with Gasteiger partial charge in [-0.05, 0) is 38.1 Å². The number of methoxy groups -OCH3 is 1. The minimum absolute atomic E-state index is 0.322. The van der Waals surface area contributed by atoms with Crippen molar-refractivity contribution in [3.8, 4) is 17.0 Å². The molecule has 0 atom stereocenters. The average Bonchev–Trinajstić information content (AvgIpc) is 2.38. The number of nitrogens with one attached hydrogen (secondary N) is 1. The van der Waals surface area contributed by atoms with Gasteiger partial charge in [0.15, 0.2) is 0 Å². The maximum atomic E-state index is 13.4. The molecule has 0 spiro atoms. The van der Waals surface area contributed by atoms with E-state index in [0.717, 1.165) is 12.2 Å². The Hall–Kier alpha value is -2.17. The molecule has 2 rings (SSSR count). The van der Waals surface area contributed by atoms with Gasteiger partial charge in [0.05, 0.1) is 12.8 Å². The lowest BCUT2D eigenvalue weighted by Gasteiger charge is -2.10. The summed E-state index contributed by atoms with van der Waals surface area (Å²) in [6.07, 6.45) is 0. The summed E-state index contributed by atoms with van der Waals surface area (Å²) in [7, 11) is 1.55. The van der Waals surface area contributed by atoms with Crippen molar-refractivity contribution in [2.24, 2.45) is 0 Å². The number of aromatic nitrogens is 2. The second kappa shape index (κ2) is 5.65. The highest BCUT2D eigenvalue weighted by Gasteiger charge is 2.11. The van der Waals surface area contributed by atoms with E-state index in [4.69, 9.17) is 4.74 Å². The smallest absolute Gasteiger partial charge is 0.223 e. The lowest BCUT2D eigenvalue weighted by Crippen LogP contribution is -2.04. The molecule has 1 heterocycles. The van der Waals surface area contributed by atoms with Crippen molar-refractivity contribution >= 4 is 5.95 Å². The maximum absolute atomic E-state index is 13.4. The van der Waals surface area contributed by atoms with Gasteiger partial charge in [-0.3, -0.25) is 0 Å². The SMILES string of the molecule is CCNc1nc(C)cc(-c2cc(F)ccc2OC)n1. The van der Waals surface area contributed by atoms with Gasteiger partial charge < -0.3 is 10.1 Å². The van der Waals surface area contributed by atoms with Gasteiger partial charge in [0.2, 0.25) is 5.95 Å². The number of ether oxygens (including phenoxy) is 1. The minimum atomic E-state index is -0.322. The Balaban J connectivity index is 2.54. The fourth-order valence-corrected chi connectivity index (χ4v) is 1.82. The van der Waals surface area contributed by atoms with Crippen LogP contribution in [0.3, 0.4) is 0 Å². The van der Waals surface area contributed by atoms with Crippen LogP contribution in [0, 0.1) is 12.7 Å². The summed E-state index contributed by atoms with van der Waals surface area (Å²) in [6.45, 7) is 4.56. The summed E-state index contributed by atoms with van der Waals surface area (Å²) < 4.78 is 18.7. The zero-order valence-electron chi connectivity index (χ0n) is 11.2. The number of rotatable bonds is 4. The van der Waals surface area contributed by atoms with Crippen LogP contribution in [0.4, 0.5) is 10.3 Å². The van der Waals surface area contributed by atoms with Gasteiger partial charge in [0, 0.05) is 17.8 Å². The molecule has 0 radical (unpaired) electrons. The van der Waals surface area contributed by atoms with E-state index in [9.17, 15) is 4.39 Å². The van der Waals surface area contributed by atoms with E-state index in [1.807, 2.05) is 13.8 Å². The highest BCUT2D eigenvalue weighted by Crippen LogP contribution is 2.30. The summed E-state index contributed by atoms with van der Waals surface area (Å²) in [5.74, 6) is 0.794. The number of anilines is 1. The van der Waals surface area contributed by atoms with E-state index < -0.39 is 0 Å². The van der Waals surface area contributed by atoms with Crippen LogP contribution in [0.5, 0.6) is 5.75 Å². The van der Waals surface area contributed by atoms with Crippen LogP contribution < -0.4 is 10.1 Å². The average molecular weight is 261 g/mol. The highest BCUT2D eigenvalue weighted by atomic mass is 19.1. The molecule has 4 nitrogen and oxygen atoms in total. The van der Waals surface area contributed by atoms with Crippen molar-refractivity contribution < 1.29 is 9.13 Å². The van der Waals surface area contributed by atoms with Gasteiger partial charge in [-0.15, -0.1) is 0 Å². The van der Waals surface area contributed by atoms with Crippen LogP contribution >= 0.6 is 0 Å². The van der Waals surface area contributed by atoms with Crippen molar-refractivity contribution in [1.82, 2.24) is 9.97 Å². The van der Waals surface area contributed by atoms with Crippen molar-refractivity contribution in [3.63, 3.8) is 0 Å². The quantitative estimate of drug-likeness (QED) is 0.919. The molecule has 0 aliphatic carbocycles. The summed E-state index contributed by atoms with van der Waals surface area (Å²) in [4.78, 5) is 8.64. The van der Waals surface area contributed by atoms with Crippen LogP contribution in [0.25, 0.3) is 11.3 Å². The van der Waals surface area contributed by atoms with E-state index in [-0.39, 0.29) is 5.82 Å². The Morgan fingerprint density at radius 2 is 2.05 bits per heavy atom. The zero-order valence-corrected chi connectivity index (χ0v) is 11.2. The molecular formula is C14H16FN3O. The molecule has 0 fully saturated rings. The standard InChI is InChI=1S/C14H16FN3O/c1-4-16-14-17-9(2)7-12(18-14)11-8-10(15)5-6-13(11)19-3/h5-8H,4H2,1-3H3,(H,16,17,18). The first kappa shape index (κ1) is 13.3. The predicted molar refractivity (Wildman–Crippen MR) is 72.9 cm³/mol. The van der Waals surface area contributed by atoms with Crippen molar-refractivity contribution in [2.45, 2.75) is 13.8 Å². The van der Waals surface area contributed by atoms with Gasteiger partial charge >= 0.3 is 0 Å². The molecule has 5 heteroatoms. The molecule has 1 N–H and O–H groups in total. The van der Waals surface area contributed by atoms with Crippen LogP contribution in [0.15, 0.2) is 24.3 Å². The molecule has 0 saturated carbocycles. The normalized spacial score (nSPS) is 10.3. The second-order valence-electron chi connectivity index (χ2n) is 4.09. The van der Waals surface area contributed by atoms with E-state index in [1.165, 1.54) is 12.1 Å². The number of hydrogen-bond acceptors (Lipinski definition) is 4. The summed E-state index contributed by atoms with van der Waals surface area (Å²) in [5, 5.41) is 3.05.